The van der Waals surface area contributed by atoms with E-state index in [-0.39, 0.29) is 207 Å². The number of nitrogens with zero attached hydrogens (tertiary/aromatic N) is 4. The van der Waals surface area contributed by atoms with E-state index in [2.05, 4.69) is 21.3 Å². The molecular formula is C50H72N8O20. The van der Waals surface area contributed by atoms with E-state index in [0.29, 0.717) is 6.41 Å². The van der Waals surface area contributed by atoms with Crippen molar-refractivity contribution in [1.82, 2.24) is 40.9 Å². The molecule has 0 spiro atoms. The Hall–Kier alpha value is -6.92. The Morgan fingerprint density at radius 1 is 0.436 bits per heavy atom. The zero-order valence-electron chi connectivity index (χ0n) is 43.9. The van der Waals surface area contributed by atoms with E-state index in [1.807, 2.05) is 0 Å². The van der Waals surface area contributed by atoms with Crippen LogP contribution in [0.3, 0.4) is 0 Å². The summed E-state index contributed by atoms with van der Waals surface area (Å²) in [5.74, 6) is -4.86. The Labute approximate surface area is 451 Å². The van der Waals surface area contributed by atoms with Gasteiger partial charge in [-0.25, -0.2) is 0 Å². The molecule has 28 heteroatoms. The zero-order valence-corrected chi connectivity index (χ0v) is 43.9. The molecule has 28 nitrogen and oxygen atoms in total. The van der Waals surface area contributed by atoms with E-state index in [1.165, 1.54) is 12.2 Å². The summed E-state index contributed by atoms with van der Waals surface area (Å²) in [6.07, 6.45) is 9.64. The summed E-state index contributed by atoms with van der Waals surface area (Å²) in [6.45, 7) is 3.77. The lowest BCUT2D eigenvalue weighted by Crippen LogP contribution is -2.43. The molecule has 4 N–H and O–H groups in total. The van der Waals surface area contributed by atoms with E-state index < -0.39 is 46.8 Å². The second kappa shape index (κ2) is 38.6. The lowest BCUT2D eigenvalue weighted by Gasteiger charge is -2.33. The summed E-state index contributed by atoms with van der Waals surface area (Å²) in [5, 5.41) is 10.7. The molecule has 0 bridgehead atoms. The fourth-order valence-electron chi connectivity index (χ4n) is 6.96. The maximum atomic E-state index is 12.3. The van der Waals surface area contributed by atoms with Crippen LogP contribution in [0.15, 0.2) is 48.6 Å². The van der Waals surface area contributed by atoms with E-state index >= 15 is 0 Å². The Bertz CT molecular complexity index is 1920. The van der Waals surface area contributed by atoms with Crippen LogP contribution in [0, 0.1) is 5.41 Å². The lowest BCUT2D eigenvalue weighted by atomic mass is 9.92. The molecule has 0 aromatic carbocycles. The van der Waals surface area contributed by atoms with Crippen LogP contribution in [0.25, 0.3) is 0 Å². The van der Waals surface area contributed by atoms with Gasteiger partial charge in [-0.3, -0.25) is 77.1 Å². The minimum Gasteiger partial charge on any atom is -0.378 e. The van der Waals surface area contributed by atoms with Crippen molar-refractivity contribution < 1.29 is 95.4 Å². The number of rotatable bonds is 46. The third-order valence-electron chi connectivity index (χ3n) is 11.1. The Balaban J connectivity index is 1.50. The molecule has 0 saturated carbocycles. The van der Waals surface area contributed by atoms with Gasteiger partial charge in [-0.05, 0) is 13.0 Å². The second-order valence-electron chi connectivity index (χ2n) is 17.2. The van der Waals surface area contributed by atoms with Gasteiger partial charge in [-0.15, -0.1) is 0 Å². The number of hydrogen-bond donors (Lipinski definition) is 4. The van der Waals surface area contributed by atoms with E-state index in [9.17, 15) is 57.5 Å². The van der Waals surface area contributed by atoms with Gasteiger partial charge in [0.25, 0.3) is 41.4 Å². The third kappa shape index (κ3) is 26.9. The van der Waals surface area contributed by atoms with Crippen LogP contribution in [0.2, 0.25) is 0 Å². The lowest BCUT2D eigenvalue weighted by molar-refractivity contribution is -0.139. The number of allylic oxidation sites excluding steroid dienone is 1. The highest BCUT2D eigenvalue weighted by Crippen LogP contribution is 2.21. The largest absolute Gasteiger partial charge is 0.378 e. The van der Waals surface area contributed by atoms with Crippen molar-refractivity contribution in [3.05, 3.63) is 48.6 Å². The summed E-state index contributed by atoms with van der Waals surface area (Å²) in [7, 11) is 0. The first-order valence-corrected chi connectivity index (χ1v) is 25.4. The molecule has 3 aliphatic rings. The highest BCUT2D eigenvalue weighted by atomic mass is 16.6. The summed E-state index contributed by atoms with van der Waals surface area (Å²) >= 11 is 0. The molecular weight excluding hydrogens is 1030 g/mol. The molecule has 0 radical (unpaired) electrons. The van der Waals surface area contributed by atoms with Crippen molar-refractivity contribution in [2.75, 3.05) is 158 Å². The number of nitrogens with one attached hydrogen (secondary N) is 4. The van der Waals surface area contributed by atoms with Gasteiger partial charge in [0, 0.05) is 114 Å². The van der Waals surface area contributed by atoms with Crippen molar-refractivity contribution in [2.45, 2.75) is 32.6 Å². The molecule has 12 amide bonds. The van der Waals surface area contributed by atoms with Crippen LogP contribution in [-0.4, -0.2) is 249 Å². The normalized spacial score (nSPS) is 14.2. The number of ether oxygens (including phenoxy) is 8. The fourth-order valence-corrected chi connectivity index (χ4v) is 6.96. The van der Waals surface area contributed by atoms with E-state index in [4.69, 9.17) is 37.9 Å². The van der Waals surface area contributed by atoms with Gasteiger partial charge in [0.15, 0.2) is 0 Å². The van der Waals surface area contributed by atoms with Gasteiger partial charge < -0.3 is 59.2 Å². The van der Waals surface area contributed by atoms with Gasteiger partial charge >= 0.3 is 0 Å². The Morgan fingerprint density at radius 2 is 0.705 bits per heavy atom. The molecule has 78 heavy (non-hydrogen) atoms. The highest BCUT2D eigenvalue weighted by molar-refractivity contribution is 6.14. The van der Waals surface area contributed by atoms with Crippen LogP contribution in [0.1, 0.15) is 32.6 Å². The summed E-state index contributed by atoms with van der Waals surface area (Å²) in [5.41, 5.74) is -0.942. The number of carbonyl (C=O) groups is 12. The number of amides is 12. The first-order chi connectivity index (χ1) is 37.7. The molecule has 0 aromatic rings. The highest BCUT2D eigenvalue weighted by Gasteiger charge is 2.33. The van der Waals surface area contributed by atoms with Crippen molar-refractivity contribution in [3.63, 3.8) is 0 Å². The monoisotopic (exact) mass is 1100 g/mol. The minimum atomic E-state index is -0.942. The number of hydrogen-bond acceptors (Lipinski definition) is 20. The molecule has 0 aliphatic carbocycles. The van der Waals surface area contributed by atoms with E-state index in [1.54, 1.807) is 6.92 Å². The first-order valence-electron chi connectivity index (χ1n) is 25.4. The van der Waals surface area contributed by atoms with Gasteiger partial charge in [-0.1, -0.05) is 6.08 Å². The molecule has 0 unspecified atom stereocenters. The Kier molecular flexibility index (Phi) is 32.3. The van der Waals surface area contributed by atoms with Crippen LogP contribution in [0.5, 0.6) is 0 Å². The van der Waals surface area contributed by atoms with Gasteiger partial charge in [0.05, 0.1) is 111 Å². The third-order valence-corrected chi connectivity index (χ3v) is 11.1. The van der Waals surface area contributed by atoms with Crippen molar-refractivity contribution in [3.8, 4) is 0 Å². The zero-order chi connectivity index (χ0) is 56.8. The van der Waals surface area contributed by atoms with Crippen molar-refractivity contribution in [1.29, 1.82) is 0 Å². The SMILES string of the molecule is C/C=C\C(=O)N(C=O)CCC(=O)NCCOCCOCC(COCCOCCNC(=O)CCN1C(=O)C=CC1=O)(COCCOCCNC(=O)CCN1C(=O)C=CC1=O)COCCOCCNC(=O)CCN1C(=O)C=CC1=O. The number of imide groups is 4. The molecule has 3 aliphatic heterocycles. The Morgan fingerprint density at radius 3 is 0.974 bits per heavy atom. The van der Waals surface area contributed by atoms with Crippen LogP contribution < -0.4 is 21.3 Å². The molecule has 0 aromatic heterocycles. The van der Waals surface area contributed by atoms with Crippen molar-refractivity contribution in [2.24, 2.45) is 5.41 Å². The van der Waals surface area contributed by atoms with Crippen LogP contribution >= 0.6 is 0 Å². The summed E-state index contributed by atoms with van der Waals surface area (Å²) in [4.78, 5) is 146. The molecule has 3 heterocycles. The average Bonchev–Trinajstić information content (AvgIpc) is 4.05. The summed E-state index contributed by atoms with van der Waals surface area (Å²) < 4.78 is 46.8. The predicted molar refractivity (Wildman–Crippen MR) is 270 cm³/mol. The van der Waals surface area contributed by atoms with Gasteiger partial charge in [-0.2, -0.15) is 0 Å². The average molecular weight is 1110 g/mol. The quantitative estimate of drug-likeness (QED) is 0.0199. The second-order valence-corrected chi connectivity index (χ2v) is 17.2. The molecule has 432 valence electrons. The minimum absolute atomic E-state index is 0.0407. The van der Waals surface area contributed by atoms with Crippen LogP contribution in [0.4, 0.5) is 0 Å². The fraction of sp³-hybridized carbons (Fsp3) is 0.600. The topological polar surface area (TPSA) is 340 Å². The number of carbonyl (C=O) groups excluding carboxylic acids is 12. The van der Waals surface area contributed by atoms with Crippen LogP contribution in [-0.2, 0) is 95.4 Å². The van der Waals surface area contributed by atoms with Crippen molar-refractivity contribution >= 4 is 71.4 Å². The maximum Gasteiger partial charge on any atom is 0.253 e. The molecule has 0 fully saturated rings. The summed E-state index contributed by atoms with van der Waals surface area (Å²) in [6, 6.07) is 0. The molecule has 0 saturated heterocycles. The molecule has 0 atom stereocenters. The molecule has 3 rings (SSSR count). The first kappa shape index (κ1) is 65.4. The smallest absolute Gasteiger partial charge is 0.253 e. The standard InChI is InChI=1S/C50H72N8O20/c1-2-3-43(64)55(38-59)18-10-39(60)51-14-22-71-26-30-75-34-50(35-76-31-27-72-23-15-52-40(61)11-19-56-44(65)4-5-45(56)66,36-77-32-28-73-24-16-53-41(62)12-20-57-46(67)6-7-47(57)68)37-78-33-29-74-25-17-54-42(63)13-21-58-48(69)8-9-49(58)70/h2-9,38H,10-37H2,1H3,(H,51,60)(H,52,61)(H,53,62)(H,54,63)/b3-2-. The van der Waals surface area contributed by atoms with E-state index in [0.717, 1.165) is 56.1 Å². The van der Waals surface area contributed by atoms with Gasteiger partial charge in [0.1, 0.15) is 0 Å². The maximum absolute atomic E-state index is 12.3. The van der Waals surface area contributed by atoms with Gasteiger partial charge in [0.2, 0.25) is 30.0 Å². The predicted octanol–water partition coefficient (Wildman–Crippen LogP) is -3.53.